The molecule has 1 N–H and O–H groups in total. The van der Waals surface area contributed by atoms with Crippen molar-refractivity contribution in [2.45, 2.75) is 36.4 Å². The molecule has 0 aliphatic heterocycles. The zero-order valence-electron chi connectivity index (χ0n) is 17.5. The van der Waals surface area contributed by atoms with E-state index in [9.17, 15) is 22.7 Å². The number of hydrogen-bond donors (Lipinski definition) is 1. The highest BCUT2D eigenvalue weighted by Gasteiger charge is 2.30. The molecule has 170 valence electrons. The van der Waals surface area contributed by atoms with Crippen LogP contribution in [-0.4, -0.2) is 41.0 Å². The van der Waals surface area contributed by atoms with Crippen LogP contribution in [0.25, 0.3) is 11.3 Å². The normalized spacial score (nSPS) is 12.0. The second-order valence-corrected chi connectivity index (χ2v) is 11.9. The summed E-state index contributed by atoms with van der Waals surface area (Å²) in [6, 6.07) is 8.34. The summed E-state index contributed by atoms with van der Waals surface area (Å²) in [6.45, 7) is 5.74. The maximum atomic E-state index is 14.6. The Labute approximate surface area is 194 Å². The minimum Gasteiger partial charge on any atom is -0.465 e. The van der Waals surface area contributed by atoms with Gasteiger partial charge in [0.1, 0.15) is 21.7 Å². The van der Waals surface area contributed by atoms with Crippen molar-refractivity contribution in [3.8, 4) is 11.3 Å². The Balaban J connectivity index is 2.14. The summed E-state index contributed by atoms with van der Waals surface area (Å²) in [7, 11) is -4.12. The molecule has 0 spiro atoms. The van der Waals surface area contributed by atoms with Gasteiger partial charge in [-0.3, -0.25) is 0 Å². The maximum Gasteiger partial charge on any atom is 0.407 e. The van der Waals surface area contributed by atoms with E-state index in [4.69, 9.17) is 11.6 Å². The predicted molar refractivity (Wildman–Crippen MR) is 120 cm³/mol. The number of thiazole rings is 1. The lowest BCUT2D eigenvalue weighted by molar-refractivity contribution is 0.123. The van der Waals surface area contributed by atoms with Crippen LogP contribution < -0.4 is 0 Å². The van der Waals surface area contributed by atoms with Crippen molar-refractivity contribution in [1.29, 1.82) is 0 Å². The van der Waals surface area contributed by atoms with Crippen molar-refractivity contribution in [2.24, 2.45) is 5.41 Å². The summed E-state index contributed by atoms with van der Waals surface area (Å²) in [4.78, 5) is 21.0. The Bertz CT molecular complexity index is 1240. The lowest BCUT2D eigenvalue weighted by Gasteiger charge is -2.27. The van der Waals surface area contributed by atoms with Gasteiger partial charge in [0.05, 0.1) is 11.4 Å². The number of pyridine rings is 1. The van der Waals surface area contributed by atoms with E-state index < -0.39 is 21.7 Å². The van der Waals surface area contributed by atoms with Crippen LogP contribution >= 0.6 is 22.9 Å². The first-order valence-corrected chi connectivity index (χ1v) is 12.2. The topological polar surface area (TPSA) is 100 Å². The van der Waals surface area contributed by atoms with E-state index in [-0.39, 0.29) is 49.0 Å². The van der Waals surface area contributed by atoms with E-state index in [0.717, 1.165) is 22.4 Å². The third-order valence-corrected chi connectivity index (χ3v) is 7.80. The summed E-state index contributed by atoms with van der Waals surface area (Å²) in [5.41, 5.74) is -0.388. The lowest BCUT2D eigenvalue weighted by Crippen LogP contribution is -2.36. The molecule has 3 rings (SSSR count). The van der Waals surface area contributed by atoms with Gasteiger partial charge in [-0.25, -0.2) is 27.6 Å². The largest absolute Gasteiger partial charge is 0.465 e. The molecule has 0 unspecified atom stereocenters. The van der Waals surface area contributed by atoms with Crippen LogP contribution in [-0.2, 0) is 16.4 Å². The van der Waals surface area contributed by atoms with Gasteiger partial charge in [0.25, 0.3) is 0 Å². The number of carbonyl (C=O) groups is 1. The van der Waals surface area contributed by atoms with E-state index in [2.05, 4.69) is 9.97 Å². The molecule has 0 saturated heterocycles. The van der Waals surface area contributed by atoms with Crippen LogP contribution in [0.3, 0.4) is 0 Å². The Morgan fingerprint density at radius 3 is 2.47 bits per heavy atom. The van der Waals surface area contributed by atoms with Crippen LogP contribution in [0, 0.1) is 11.2 Å². The fourth-order valence-electron chi connectivity index (χ4n) is 2.98. The lowest BCUT2D eigenvalue weighted by atomic mass is 9.96. The highest BCUT2D eigenvalue weighted by Crippen LogP contribution is 2.37. The minimum atomic E-state index is -4.12. The van der Waals surface area contributed by atoms with Crippen molar-refractivity contribution >= 4 is 38.9 Å². The van der Waals surface area contributed by atoms with Crippen molar-refractivity contribution in [3.05, 3.63) is 58.6 Å². The van der Waals surface area contributed by atoms with E-state index in [1.807, 2.05) is 20.8 Å². The highest BCUT2D eigenvalue weighted by molar-refractivity contribution is 7.93. The zero-order chi connectivity index (χ0) is 23.7. The number of aromatic nitrogens is 2. The third-order valence-electron chi connectivity index (χ3n) is 4.29. The molecule has 32 heavy (non-hydrogen) atoms. The molecule has 1 aromatic carbocycles. The second-order valence-electron chi connectivity index (χ2n) is 8.24. The van der Waals surface area contributed by atoms with Crippen LogP contribution in [0.2, 0.25) is 5.15 Å². The van der Waals surface area contributed by atoms with E-state index in [1.165, 1.54) is 30.3 Å². The number of sulfone groups is 1. The van der Waals surface area contributed by atoms with Gasteiger partial charge < -0.3 is 10.0 Å². The summed E-state index contributed by atoms with van der Waals surface area (Å²) in [6.07, 6.45) is -0.0420. The standard InChI is InChI=1S/C21H21ClFN3O4S2/c1-21(2,3)12-26(20(27)28)11-17-25-18(14-6-4-5-7-15(14)23)19(31-17)32(29,30)13-8-9-16(22)24-10-13/h4-10H,11-12H2,1-3H3,(H,27,28). The molecule has 0 saturated carbocycles. The Morgan fingerprint density at radius 2 is 1.91 bits per heavy atom. The molecule has 0 fully saturated rings. The van der Waals surface area contributed by atoms with Crippen molar-refractivity contribution in [2.75, 3.05) is 6.54 Å². The Kier molecular flexibility index (Phi) is 6.87. The average molecular weight is 498 g/mol. The fourth-order valence-corrected chi connectivity index (χ4v) is 5.99. The molecule has 0 aliphatic carbocycles. The average Bonchev–Trinajstić information content (AvgIpc) is 3.11. The van der Waals surface area contributed by atoms with Crippen LogP contribution in [0.5, 0.6) is 0 Å². The zero-order valence-corrected chi connectivity index (χ0v) is 19.9. The second kappa shape index (κ2) is 9.13. The molecule has 7 nitrogen and oxygen atoms in total. The first-order chi connectivity index (χ1) is 14.9. The van der Waals surface area contributed by atoms with Crippen LogP contribution in [0.4, 0.5) is 9.18 Å². The van der Waals surface area contributed by atoms with Gasteiger partial charge in [-0.1, -0.05) is 44.5 Å². The van der Waals surface area contributed by atoms with Gasteiger partial charge >= 0.3 is 6.09 Å². The molecule has 0 bridgehead atoms. The summed E-state index contributed by atoms with van der Waals surface area (Å²) >= 11 is 6.58. The van der Waals surface area contributed by atoms with Crippen LogP contribution in [0.15, 0.2) is 51.7 Å². The fraction of sp³-hybridized carbons (Fsp3) is 0.286. The molecule has 1 amide bonds. The number of halogens is 2. The molecule has 11 heteroatoms. The van der Waals surface area contributed by atoms with E-state index in [0.29, 0.717) is 0 Å². The number of carboxylic acid groups (broad SMARTS) is 1. The van der Waals surface area contributed by atoms with Gasteiger partial charge in [0.15, 0.2) is 4.21 Å². The number of nitrogens with zero attached hydrogens (tertiary/aromatic N) is 3. The SMILES string of the molecule is CC(C)(C)CN(Cc1nc(-c2ccccc2F)c(S(=O)(=O)c2ccc(Cl)nc2)s1)C(=O)O. The molecule has 3 aromatic rings. The molecule has 2 heterocycles. The van der Waals surface area contributed by atoms with Crippen molar-refractivity contribution in [1.82, 2.24) is 14.9 Å². The summed E-state index contributed by atoms with van der Waals surface area (Å²) < 4.78 is 41.1. The smallest absolute Gasteiger partial charge is 0.407 e. The molecular weight excluding hydrogens is 477 g/mol. The van der Waals surface area contributed by atoms with Crippen molar-refractivity contribution in [3.63, 3.8) is 0 Å². The number of amides is 1. The van der Waals surface area contributed by atoms with Gasteiger partial charge in [0, 0.05) is 18.3 Å². The monoisotopic (exact) mass is 497 g/mol. The minimum absolute atomic E-state index is 0.00759. The van der Waals surface area contributed by atoms with Crippen molar-refractivity contribution < 1.29 is 22.7 Å². The molecule has 0 atom stereocenters. The quantitative estimate of drug-likeness (QED) is 0.460. The number of hydrogen-bond acceptors (Lipinski definition) is 6. The first-order valence-electron chi connectivity index (χ1n) is 9.47. The Hall–Kier alpha value is -2.56. The van der Waals surface area contributed by atoms with E-state index in [1.54, 1.807) is 6.07 Å². The first kappa shape index (κ1) is 24.1. The Morgan fingerprint density at radius 1 is 1.22 bits per heavy atom. The highest BCUT2D eigenvalue weighted by atomic mass is 35.5. The van der Waals surface area contributed by atoms with Crippen LogP contribution in [0.1, 0.15) is 25.8 Å². The predicted octanol–water partition coefficient (Wildman–Crippen LogP) is 5.36. The van der Waals surface area contributed by atoms with Gasteiger partial charge in [-0.15, -0.1) is 11.3 Å². The molecule has 0 radical (unpaired) electrons. The van der Waals surface area contributed by atoms with E-state index >= 15 is 0 Å². The summed E-state index contributed by atoms with van der Waals surface area (Å²) in [5.74, 6) is -0.639. The molecular formula is C21H21ClFN3O4S2. The molecule has 0 aliphatic rings. The number of rotatable bonds is 6. The molecule has 2 aromatic heterocycles. The van der Waals surface area contributed by atoms with Gasteiger partial charge in [-0.05, 0) is 29.7 Å². The third kappa shape index (κ3) is 5.43. The number of benzene rings is 1. The van der Waals surface area contributed by atoms with Gasteiger partial charge in [0.2, 0.25) is 9.84 Å². The summed E-state index contributed by atoms with van der Waals surface area (Å²) in [5, 5.41) is 9.96. The maximum absolute atomic E-state index is 14.6. The van der Waals surface area contributed by atoms with Gasteiger partial charge in [-0.2, -0.15) is 0 Å².